The van der Waals surface area contributed by atoms with E-state index in [2.05, 4.69) is 0 Å². The molecule has 5 rings (SSSR count). The van der Waals surface area contributed by atoms with Crippen molar-refractivity contribution in [2.75, 3.05) is 19.8 Å². The zero-order valence-electron chi connectivity index (χ0n) is 22.6. The molecule has 1 unspecified atom stereocenters. The van der Waals surface area contributed by atoms with Crippen molar-refractivity contribution in [3.8, 4) is 0 Å². The first kappa shape index (κ1) is 27.3. The lowest BCUT2D eigenvalue weighted by atomic mass is 9.51. The lowest BCUT2D eigenvalue weighted by molar-refractivity contribution is -0.239. The van der Waals surface area contributed by atoms with Gasteiger partial charge in [-0.25, -0.2) is 14.4 Å². The van der Waals surface area contributed by atoms with Crippen molar-refractivity contribution in [1.82, 2.24) is 0 Å². The zero-order chi connectivity index (χ0) is 28.0. The summed E-state index contributed by atoms with van der Waals surface area (Å²) in [5.74, 6) is -2.15. The molecule has 2 saturated heterocycles. The van der Waals surface area contributed by atoms with Gasteiger partial charge in [-0.15, -0.1) is 0 Å². The monoisotopic (exact) mass is 542 g/mol. The number of hydrogen-bond acceptors (Lipinski definition) is 10. The van der Waals surface area contributed by atoms with E-state index < -0.39 is 58.6 Å². The Balaban J connectivity index is 1.57. The summed E-state index contributed by atoms with van der Waals surface area (Å²) in [6.45, 7) is 7.41. The summed E-state index contributed by atoms with van der Waals surface area (Å²) >= 11 is 0. The van der Waals surface area contributed by atoms with Gasteiger partial charge in [0.25, 0.3) is 0 Å². The molecule has 1 saturated carbocycles. The second-order valence-corrected chi connectivity index (χ2v) is 11.2. The van der Waals surface area contributed by atoms with Crippen LogP contribution in [0.1, 0.15) is 47.0 Å². The number of carbonyl (C=O) groups is 4. The predicted molar refractivity (Wildman–Crippen MR) is 135 cm³/mol. The number of epoxide rings is 1. The summed E-state index contributed by atoms with van der Waals surface area (Å²) in [5, 5.41) is 0. The van der Waals surface area contributed by atoms with E-state index in [0.717, 1.165) is 5.57 Å². The lowest BCUT2D eigenvalue weighted by Gasteiger charge is -2.59. The summed E-state index contributed by atoms with van der Waals surface area (Å²) < 4.78 is 35.4. The maximum Gasteiger partial charge on any atom is 0.331 e. The number of cyclic esters (lactones) is 2. The van der Waals surface area contributed by atoms with Gasteiger partial charge in [0.15, 0.2) is 0 Å². The highest BCUT2D eigenvalue weighted by Crippen LogP contribution is 2.72. The van der Waals surface area contributed by atoms with Crippen molar-refractivity contribution < 1.29 is 47.6 Å². The van der Waals surface area contributed by atoms with Crippen molar-refractivity contribution in [2.24, 2.45) is 10.8 Å². The predicted octanol–water partition coefficient (Wildman–Crippen LogP) is 2.66. The molecule has 3 aliphatic heterocycles. The Morgan fingerprint density at radius 3 is 2.41 bits per heavy atom. The fourth-order valence-corrected chi connectivity index (χ4v) is 6.78. The fraction of sp³-hybridized carbons (Fsp3) is 0.586. The minimum Gasteiger partial charge on any atom is -0.462 e. The average Bonchev–Trinajstić information content (AvgIpc) is 3.64. The van der Waals surface area contributed by atoms with E-state index in [1.165, 1.54) is 37.3 Å². The van der Waals surface area contributed by atoms with Crippen LogP contribution in [0.5, 0.6) is 0 Å². The second-order valence-electron chi connectivity index (χ2n) is 11.2. The van der Waals surface area contributed by atoms with E-state index in [-0.39, 0.29) is 19.3 Å². The molecule has 7 atom stereocenters. The third kappa shape index (κ3) is 4.63. The first-order valence-electron chi connectivity index (χ1n) is 13.2. The van der Waals surface area contributed by atoms with Gasteiger partial charge in [-0.1, -0.05) is 30.7 Å². The molecule has 0 N–H and O–H groups in total. The normalized spacial score (nSPS) is 40.3. The summed E-state index contributed by atoms with van der Waals surface area (Å²) in [6.07, 6.45) is 7.59. The van der Waals surface area contributed by atoms with E-state index in [1.807, 2.05) is 19.9 Å². The lowest BCUT2D eigenvalue weighted by Crippen LogP contribution is -2.68. The Kier molecular flexibility index (Phi) is 7.05. The van der Waals surface area contributed by atoms with Gasteiger partial charge in [0.05, 0.1) is 36.3 Å². The maximum absolute atomic E-state index is 13.0. The largest absolute Gasteiger partial charge is 0.462 e. The summed E-state index contributed by atoms with van der Waals surface area (Å²) in [5.41, 5.74) is -0.971. The number of rotatable bonds is 1. The van der Waals surface area contributed by atoms with E-state index in [9.17, 15) is 19.2 Å². The Morgan fingerprint density at radius 1 is 1.00 bits per heavy atom. The van der Waals surface area contributed by atoms with Crippen molar-refractivity contribution in [2.45, 2.75) is 77.0 Å². The molecule has 5 aliphatic rings. The smallest absolute Gasteiger partial charge is 0.331 e. The highest BCUT2D eigenvalue weighted by atomic mass is 16.6. The molecule has 210 valence electrons. The van der Waals surface area contributed by atoms with Gasteiger partial charge >= 0.3 is 23.9 Å². The van der Waals surface area contributed by atoms with Gasteiger partial charge in [-0.2, -0.15) is 0 Å². The number of carbonyl (C=O) groups excluding carboxylic acids is 4. The molecule has 0 aromatic heterocycles. The average molecular weight is 543 g/mol. The Bertz CT molecular complexity index is 1190. The van der Waals surface area contributed by atoms with Crippen molar-refractivity contribution in [3.63, 3.8) is 0 Å². The number of esters is 4. The molecule has 10 nitrogen and oxygen atoms in total. The molecular formula is C29H34O10. The molecule has 0 aromatic carbocycles. The molecule has 39 heavy (non-hydrogen) atoms. The van der Waals surface area contributed by atoms with Gasteiger partial charge in [0.1, 0.15) is 24.4 Å². The van der Waals surface area contributed by atoms with Crippen molar-refractivity contribution in [3.05, 3.63) is 47.6 Å². The van der Waals surface area contributed by atoms with E-state index in [4.69, 9.17) is 28.4 Å². The molecular weight excluding hydrogens is 508 g/mol. The van der Waals surface area contributed by atoms with Crippen LogP contribution in [-0.2, 0) is 47.6 Å². The summed E-state index contributed by atoms with van der Waals surface area (Å²) in [4.78, 5) is 49.8. The Morgan fingerprint density at radius 2 is 1.72 bits per heavy atom. The van der Waals surface area contributed by atoms with Gasteiger partial charge in [-0.05, 0) is 19.4 Å². The molecule has 10 heteroatoms. The Labute approximate surface area is 226 Å². The zero-order valence-corrected chi connectivity index (χ0v) is 22.6. The first-order chi connectivity index (χ1) is 18.5. The summed E-state index contributed by atoms with van der Waals surface area (Å²) in [6, 6.07) is 0. The van der Waals surface area contributed by atoms with Crippen LogP contribution in [0.25, 0.3) is 0 Å². The van der Waals surface area contributed by atoms with Crippen molar-refractivity contribution >= 4 is 23.9 Å². The van der Waals surface area contributed by atoms with E-state index >= 15 is 0 Å². The second kappa shape index (κ2) is 10.1. The van der Waals surface area contributed by atoms with Crippen molar-refractivity contribution in [1.29, 1.82) is 0 Å². The van der Waals surface area contributed by atoms with Crippen LogP contribution in [0.2, 0.25) is 0 Å². The van der Waals surface area contributed by atoms with Crippen LogP contribution in [0.15, 0.2) is 47.6 Å². The highest BCUT2D eigenvalue weighted by molar-refractivity contribution is 5.85. The molecule has 0 amide bonds. The van der Waals surface area contributed by atoms with E-state index in [1.54, 1.807) is 6.92 Å². The highest BCUT2D eigenvalue weighted by Gasteiger charge is 2.83. The molecule has 2 bridgehead atoms. The van der Waals surface area contributed by atoms with E-state index in [0.29, 0.717) is 31.4 Å². The maximum atomic E-state index is 13.0. The number of ether oxygens (including phenoxy) is 6. The van der Waals surface area contributed by atoms with Gasteiger partial charge in [-0.3, -0.25) is 4.79 Å². The third-order valence-electron chi connectivity index (χ3n) is 9.01. The topological polar surface area (TPSA) is 127 Å². The van der Waals surface area contributed by atoms with Gasteiger partial charge < -0.3 is 28.4 Å². The van der Waals surface area contributed by atoms with Gasteiger partial charge in [0.2, 0.25) is 0 Å². The molecule has 0 radical (unpaired) electrons. The first-order valence-corrected chi connectivity index (χ1v) is 13.2. The number of allylic oxidation sites excluding steroid dienone is 2. The van der Waals surface area contributed by atoms with Crippen LogP contribution in [0.3, 0.4) is 0 Å². The fourth-order valence-electron chi connectivity index (χ4n) is 6.78. The SMILES string of the molecule is CC(=O)O[C@H]1C[C@@]23COC(=O)C=C(C)CCOC(=O)C=CC=CC(=O)O[C@@H]4C[C@@H](O[C@@H]2C=C1C)C1(CO1)[C@]43C. The van der Waals surface area contributed by atoms with Gasteiger partial charge in [0, 0.05) is 44.4 Å². The van der Waals surface area contributed by atoms with Crippen LogP contribution in [-0.4, -0.2) is 73.7 Å². The minimum absolute atomic E-state index is 0.0717. The number of hydrogen-bond donors (Lipinski definition) is 0. The van der Waals surface area contributed by atoms with Crippen LogP contribution < -0.4 is 0 Å². The molecule has 2 aliphatic carbocycles. The van der Waals surface area contributed by atoms with Crippen LogP contribution in [0.4, 0.5) is 0 Å². The Hall–Kier alpha value is -3.24. The molecule has 3 heterocycles. The third-order valence-corrected chi connectivity index (χ3v) is 9.01. The standard InChI is InChI=1S/C29H34O10/c1-17-9-10-34-24(31)7-5-6-8-25(32)39-21-13-23-29(16-36-29)27(21,4)28(15-35-26(33)11-17)14-20(37-19(3)30)18(2)12-22(28)38-23/h5-8,11-12,20-23H,9-10,13-16H2,1-4H3/t20-,21+,22+,23+,27+,28+,29?/m0/s1. The quantitative estimate of drug-likeness (QED) is 0.211. The summed E-state index contributed by atoms with van der Waals surface area (Å²) in [7, 11) is 0. The minimum atomic E-state index is -0.928. The van der Waals surface area contributed by atoms with Crippen LogP contribution >= 0.6 is 0 Å². The molecule has 2 spiro atoms. The molecule has 0 aromatic rings. The molecule has 3 fully saturated rings. The van der Waals surface area contributed by atoms with Crippen LogP contribution in [0, 0.1) is 10.8 Å².